The number of rotatable bonds is 3. The summed E-state index contributed by atoms with van der Waals surface area (Å²) in [6.45, 7) is 4.15. The van der Waals surface area contributed by atoms with Crippen molar-refractivity contribution >= 4 is 44.4 Å². The molecule has 0 saturated heterocycles. The first-order valence-corrected chi connectivity index (χ1v) is 8.71. The number of fused-ring (bicyclic) bond motifs is 1. The minimum atomic E-state index is 0.0562. The summed E-state index contributed by atoms with van der Waals surface area (Å²) < 4.78 is 1.26. The van der Waals surface area contributed by atoms with E-state index < -0.39 is 0 Å². The maximum Gasteiger partial charge on any atom is 0.216 e. The maximum absolute atomic E-state index is 12.1. The van der Waals surface area contributed by atoms with Crippen LogP contribution in [0.1, 0.15) is 16.0 Å². The van der Waals surface area contributed by atoms with E-state index >= 15 is 0 Å². The van der Waals surface area contributed by atoms with Crippen LogP contribution in [-0.4, -0.2) is 5.12 Å². The Labute approximate surface area is 138 Å². The van der Waals surface area contributed by atoms with Crippen molar-refractivity contribution in [2.75, 3.05) is 0 Å². The molecule has 3 rings (SSSR count). The second-order valence-corrected chi connectivity index (χ2v) is 7.32. The third-order valence-electron chi connectivity index (χ3n) is 3.49. The molecule has 0 unspecified atom stereocenters. The van der Waals surface area contributed by atoms with Crippen molar-refractivity contribution in [2.45, 2.75) is 18.7 Å². The Morgan fingerprint density at radius 2 is 1.77 bits per heavy atom. The van der Waals surface area contributed by atoms with Crippen LogP contribution in [0.4, 0.5) is 0 Å². The van der Waals surface area contributed by atoms with Gasteiger partial charge in [-0.2, -0.15) is 0 Å². The molecule has 0 radical (unpaired) electrons. The molecule has 1 nitrogen and oxygen atoms in total. The third-order valence-corrected chi connectivity index (χ3v) is 5.57. The van der Waals surface area contributed by atoms with Gasteiger partial charge in [-0.15, -0.1) is 11.3 Å². The minimum Gasteiger partial charge on any atom is -0.282 e. The molecule has 0 bridgehead atoms. The Morgan fingerprint density at radius 1 is 1.05 bits per heavy atom. The molecular formula is C19H16OS2. The van der Waals surface area contributed by atoms with Gasteiger partial charge in [0.05, 0.1) is 0 Å². The van der Waals surface area contributed by atoms with Gasteiger partial charge in [0.15, 0.2) is 0 Å². The normalized spacial score (nSPS) is 11.4. The molecule has 0 saturated carbocycles. The molecule has 110 valence electrons. The van der Waals surface area contributed by atoms with Crippen LogP contribution in [-0.2, 0) is 4.79 Å². The van der Waals surface area contributed by atoms with Gasteiger partial charge in [0.2, 0.25) is 5.12 Å². The van der Waals surface area contributed by atoms with E-state index in [-0.39, 0.29) is 5.12 Å². The van der Waals surface area contributed by atoms with Crippen molar-refractivity contribution < 1.29 is 4.79 Å². The summed E-state index contributed by atoms with van der Waals surface area (Å²) in [6, 6.07) is 16.4. The van der Waals surface area contributed by atoms with Crippen LogP contribution in [0, 0.1) is 13.8 Å². The summed E-state index contributed by atoms with van der Waals surface area (Å²) in [5.41, 5.74) is 2.44. The average Bonchev–Trinajstić information content (AvgIpc) is 2.84. The molecule has 0 aliphatic carbocycles. The van der Waals surface area contributed by atoms with Crippen molar-refractivity contribution in [3.63, 3.8) is 0 Å². The molecule has 3 heteroatoms. The average molecular weight is 324 g/mol. The minimum absolute atomic E-state index is 0.0562. The van der Waals surface area contributed by atoms with Gasteiger partial charge in [0, 0.05) is 14.5 Å². The number of carbonyl (C=O) groups is 1. The molecule has 0 aliphatic rings. The van der Waals surface area contributed by atoms with E-state index in [9.17, 15) is 4.79 Å². The first-order chi connectivity index (χ1) is 10.6. The van der Waals surface area contributed by atoms with Gasteiger partial charge in [-0.3, -0.25) is 4.79 Å². The smallest absolute Gasteiger partial charge is 0.216 e. The van der Waals surface area contributed by atoms with E-state index in [0.29, 0.717) is 0 Å². The van der Waals surface area contributed by atoms with Gasteiger partial charge in [0.25, 0.3) is 0 Å². The predicted molar refractivity (Wildman–Crippen MR) is 97.6 cm³/mol. The summed E-state index contributed by atoms with van der Waals surface area (Å²) in [7, 11) is 0. The zero-order valence-electron chi connectivity index (χ0n) is 12.5. The highest BCUT2D eigenvalue weighted by Gasteiger charge is 2.06. The molecule has 0 atom stereocenters. The SMILES string of the molecule is Cc1ccc(SC(=O)/C=C/c2sc3ccccc3c2C)cc1. The summed E-state index contributed by atoms with van der Waals surface area (Å²) in [6.07, 6.45) is 3.60. The highest BCUT2D eigenvalue weighted by molar-refractivity contribution is 8.14. The highest BCUT2D eigenvalue weighted by Crippen LogP contribution is 2.31. The van der Waals surface area contributed by atoms with Crippen LogP contribution in [0.5, 0.6) is 0 Å². The Hall–Kier alpha value is -1.84. The van der Waals surface area contributed by atoms with E-state index in [2.05, 4.69) is 19.1 Å². The molecule has 0 aliphatic heterocycles. The van der Waals surface area contributed by atoms with Crippen LogP contribution in [0.2, 0.25) is 0 Å². The lowest BCUT2D eigenvalue weighted by Gasteiger charge is -1.97. The van der Waals surface area contributed by atoms with E-state index in [1.54, 1.807) is 17.4 Å². The Bertz CT molecular complexity index is 842. The Balaban J connectivity index is 1.76. The zero-order valence-corrected chi connectivity index (χ0v) is 14.1. The molecule has 0 amide bonds. The van der Waals surface area contributed by atoms with E-state index in [4.69, 9.17) is 0 Å². The van der Waals surface area contributed by atoms with E-state index in [0.717, 1.165) is 9.77 Å². The Kier molecular flexibility index (Phi) is 4.46. The number of benzene rings is 2. The lowest BCUT2D eigenvalue weighted by atomic mass is 10.1. The molecule has 0 fully saturated rings. The predicted octanol–water partition coefficient (Wildman–Crippen LogP) is 5.85. The van der Waals surface area contributed by atoms with Crippen molar-refractivity contribution in [3.05, 3.63) is 70.6 Å². The highest BCUT2D eigenvalue weighted by atomic mass is 32.2. The molecule has 0 N–H and O–H groups in total. The summed E-state index contributed by atoms with van der Waals surface area (Å²) in [5.74, 6) is 0. The van der Waals surface area contributed by atoms with Crippen molar-refractivity contribution in [3.8, 4) is 0 Å². The van der Waals surface area contributed by atoms with Gasteiger partial charge < -0.3 is 0 Å². The van der Waals surface area contributed by atoms with Gasteiger partial charge >= 0.3 is 0 Å². The molecule has 22 heavy (non-hydrogen) atoms. The maximum atomic E-state index is 12.1. The number of hydrogen-bond donors (Lipinski definition) is 0. The Morgan fingerprint density at radius 3 is 2.50 bits per heavy atom. The van der Waals surface area contributed by atoms with E-state index in [1.165, 1.54) is 33.0 Å². The molecule has 2 aromatic carbocycles. The van der Waals surface area contributed by atoms with Crippen LogP contribution in [0.25, 0.3) is 16.2 Å². The van der Waals surface area contributed by atoms with Gasteiger partial charge in [-0.05, 0) is 66.9 Å². The van der Waals surface area contributed by atoms with Crippen LogP contribution in [0.15, 0.2) is 59.5 Å². The number of aryl methyl sites for hydroxylation is 2. The summed E-state index contributed by atoms with van der Waals surface area (Å²) in [5, 5.41) is 1.33. The summed E-state index contributed by atoms with van der Waals surface area (Å²) >= 11 is 2.99. The summed E-state index contributed by atoms with van der Waals surface area (Å²) in [4.78, 5) is 14.2. The third kappa shape index (κ3) is 3.32. The number of thiophene rings is 1. The molecular weight excluding hydrogens is 308 g/mol. The van der Waals surface area contributed by atoms with Gasteiger partial charge in [-0.1, -0.05) is 35.9 Å². The lowest BCUT2D eigenvalue weighted by Crippen LogP contribution is -1.84. The van der Waals surface area contributed by atoms with E-state index in [1.807, 2.05) is 49.4 Å². The monoisotopic (exact) mass is 324 g/mol. The second-order valence-electron chi connectivity index (χ2n) is 5.15. The largest absolute Gasteiger partial charge is 0.282 e. The fraction of sp³-hybridized carbons (Fsp3) is 0.105. The topological polar surface area (TPSA) is 17.1 Å². The molecule has 1 aromatic heterocycles. The number of hydrogen-bond acceptors (Lipinski definition) is 3. The van der Waals surface area contributed by atoms with Crippen LogP contribution < -0.4 is 0 Å². The van der Waals surface area contributed by atoms with Gasteiger partial charge in [-0.25, -0.2) is 0 Å². The van der Waals surface area contributed by atoms with Crippen molar-refractivity contribution in [2.24, 2.45) is 0 Å². The fourth-order valence-electron chi connectivity index (χ4n) is 2.25. The number of thioether (sulfide) groups is 1. The quantitative estimate of drug-likeness (QED) is 0.444. The van der Waals surface area contributed by atoms with Crippen molar-refractivity contribution in [1.82, 2.24) is 0 Å². The second kappa shape index (κ2) is 6.51. The van der Waals surface area contributed by atoms with Crippen molar-refractivity contribution in [1.29, 1.82) is 0 Å². The molecule has 0 spiro atoms. The van der Waals surface area contributed by atoms with Crippen LogP contribution >= 0.6 is 23.1 Å². The molecule has 3 aromatic rings. The zero-order chi connectivity index (χ0) is 15.5. The fourth-order valence-corrected chi connectivity index (χ4v) is 4.01. The number of carbonyl (C=O) groups excluding carboxylic acids is 1. The molecule has 1 heterocycles. The van der Waals surface area contributed by atoms with Crippen LogP contribution in [0.3, 0.4) is 0 Å². The van der Waals surface area contributed by atoms with Gasteiger partial charge in [0.1, 0.15) is 0 Å². The first-order valence-electron chi connectivity index (χ1n) is 7.08. The standard InChI is InChI=1S/C19H16OS2/c1-13-7-9-15(10-8-13)21-19(20)12-11-17-14(2)16-5-3-4-6-18(16)22-17/h3-12H,1-2H3/b12-11+. The first kappa shape index (κ1) is 15.1. The lowest BCUT2D eigenvalue weighted by molar-refractivity contribution is -0.106.